The van der Waals surface area contributed by atoms with Crippen LogP contribution in [0.2, 0.25) is 0 Å². The van der Waals surface area contributed by atoms with Crippen molar-refractivity contribution in [3.63, 3.8) is 0 Å². The molecule has 0 amide bonds. The molecule has 1 aromatic rings. The SMILES string of the molecule is CN(C1CCC(C)(C)CC1)C1CCc2ccccc2C1N. The van der Waals surface area contributed by atoms with Crippen molar-refractivity contribution in [2.75, 3.05) is 7.05 Å². The fourth-order valence-corrected chi connectivity index (χ4v) is 4.30. The minimum atomic E-state index is 0.176. The third kappa shape index (κ3) is 3.02. The molecule has 2 aliphatic carbocycles. The van der Waals surface area contributed by atoms with Crippen LogP contribution < -0.4 is 5.73 Å². The van der Waals surface area contributed by atoms with Crippen LogP contribution in [0, 0.1) is 5.41 Å². The number of nitrogens with zero attached hydrogens (tertiary/aromatic N) is 1. The summed E-state index contributed by atoms with van der Waals surface area (Å²) in [5.41, 5.74) is 9.98. The van der Waals surface area contributed by atoms with E-state index in [4.69, 9.17) is 5.73 Å². The quantitative estimate of drug-likeness (QED) is 0.893. The minimum Gasteiger partial charge on any atom is -0.323 e. The van der Waals surface area contributed by atoms with Crippen LogP contribution in [0.3, 0.4) is 0 Å². The van der Waals surface area contributed by atoms with Crippen molar-refractivity contribution in [2.45, 2.75) is 70.5 Å². The summed E-state index contributed by atoms with van der Waals surface area (Å²) >= 11 is 0. The summed E-state index contributed by atoms with van der Waals surface area (Å²) < 4.78 is 0. The third-order valence-corrected chi connectivity index (χ3v) is 5.95. The largest absolute Gasteiger partial charge is 0.323 e. The van der Waals surface area contributed by atoms with Gasteiger partial charge in [0.15, 0.2) is 0 Å². The zero-order valence-electron chi connectivity index (χ0n) is 13.8. The Morgan fingerprint density at radius 2 is 1.76 bits per heavy atom. The molecule has 0 saturated heterocycles. The van der Waals surface area contributed by atoms with Crippen molar-refractivity contribution in [2.24, 2.45) is 11.1 Å². The van der Waals surface area contributed by atoms with Gasteiger partial charge in [-0.15, -0.1) is 0 Å². The molecule has 2 unspecified atom stereocenters. The van der Waals surface area contributed by atoms with E-state index in [1.54, 1.807) is 0 Å². The molecule has 0 aromatic heterocycles. The van der Waals surface area contributed by atoms with Crippen LogP contribution in [0.4, 0.5) is 0 Å². The molecule has 2 N–H and O–H groups in total. The predicted octanol–water partition coefficient (Wildman–Crippen LogP) is 3.90. The second-order valence-electron chi connectivity index (χ2n) is 7.89. The highest BCUT2D eigenvalue weighted by Crippen LogP contribution is 2.39. The maximum absolute atomic E-state index is 6.61. The van der Waals surface area contributed by atoms with Crippen LogP contribution in [0.1, 0.15) is 63.1 Å². The number of hydrogen-bond donors (Lipinski definition) is 1. The van der Waals surface area contributed by atoms with Gasteiger partial charge in [-0.25, -0.2) is 0 Å². The first kappa shape index (κ1) is 15.1. The summed E-state index contributed by atoms with van der Waals surface area (Å²) in [7, 11) is 2.31. The van der Waals surface area contributed by atoms with Crippen LogP contribution in [-0.4, -0.2) is 24.0 Å². The number of rotatable bonds is 2. The van der Waals surface area contributed by atoms with Crippen molar-refractivity contribution >= 4 is 0 Å². The first-order valence-electron chi connectivity index (χ1n) is 8.53. The summed E-state index contributed by atoms with van der Waals surface area (Å²) in [6.07, 6.45) is 7.73. The normalized spacial score (nSPS) is 29.4. The predicted molar refractivity (Wildman–Crippen MR) is 89.3 cm³/mol. The van der Waals surface area contributed by atoms with Crippen LogP contribution >= 0.6 is 0 Å². The van der Waals surface area contributed by atoms with Gasteiger partial charge in [0.05, 0.1) is 0 Å². The van der Waals surface area contributed by atoms with E-state index < -0.39 is 0 Å². The van der Waals surface area contributed by atoms with Gasteiger partial charge in [-0.3, -0.25) is 4.90 Å². The van der Waals surface area contributed by atoms with Gasteiger partial charge in [0, 0.05) is 18.1 Å². The first-order valence-corrected chi connectivity index (χ1v) is 8.53. The van der Waals surface area contributed by atoms with E-state index in [-0.39, 0.29) is 6.04 Å². The molecule has 0 radical (unpaired) electrons. The summed E-state index contributed by atoms with van der Waals surface area (Å²) in [6, 6.07) is 10.1. The second kappa shape index (κ2) is 5.73. The summed E-state index contributed by atoms with van der Waals surface area (Å²) in [6.45, 7) is 4.82. The van der Waals surface area contributed by atoms with E-state index in [2.05, 4.69) is 50.1 Å². The Balaban J connectivity index is 1.70. The Kier molecular flexibility index (Phi) is 4.11. The molecule has 2 aliphatic rings. The number of aryl methyl sites for hydroxylation is 1. The molecule has 3 rings (SSSR count). The topological polar surface area (TPSA) is 29.3 Å². The molecule has 1 saturated carbocycles. The Bertz CT molecular complexity index is 484. The van der Waals surface area contributed by atoms with E-state index in [1.165, 1.54) is 49.7 Å². The van der Waals surface area contributed by atoms with Gasteiger partial charge in [-0.05, 0) is 62.1 Å². The highest BCUT2D eigenvalue weighted by atomic mass is 15.2. The van der Waals surface area contributed by atoms with Gasteiger partial charge in [0.2, 0.25) is 0 Å². The zero-order chi connectivity index (χ0) is 15.0. The molecule has 0 spiro atoms. The lowest BCUT2D eigenvalue weighted by molar-refractivity contribution is 0.0767. The number of fused-ring (bicyclic) bond motifs is 1. The number of likely N-dealkylation sites (N-methyl/N-ethyl adjacent to an activating group) is 1. The highest BCUT2D eigenvalue weighted by molar-refractivity contribution is 5.33. The molecular formula is C19H30N2. The lowest BCUT2D eigenvalue weighted by atomic mass is 9.74. The molecule has 0 bridgehead atoms. The third-order valence-electron chi connectivity index (χ3n) is 5.95. The van der Waals surface area contributed by atoms with Gasteiger partial charge >= 0.3 is 0 Å². The van der Waals surface area contributed by atoms with E-state index in [0.29, 0.717) is 11.5 Å². The second-order valence-corrected chi connectivity index (χ2v) is 7.89. The molecule has 21 heavy (non-hydrogen) atoms. The maximum atomic E-state index is 6.61. The zero-order valence-corrected chi connectivity index (χ0v) is 13.8. The Hall–Kier alpha value is -0.860. The van der Waals surface area contributed by atoms with Crippen molar-refractivity contribution < 1.29 is 0 Å². The maximum Gasteiger partial charge on any atom is 0.0455 e. The van der Waals surface area contributed by atoms with E-state index in [9.17, 15) is 0 Å². The average molecular weight is 286 g/mol. The smallest absolute Gasteiger partial charge is 0.0455 e. The molecule has 2 nitrogen and oxygen atoms in total. The molecular weight excluding hydrogens is 256 g/mol. The molecule has 0 aliphatic heterocycles. The Labute approximate surface area is 129 Å². The van der Waals surface area contributed by atoms with Crippen LogP contribution in [0.25, 0.3) is 0 Å². The summed E-state index contributed by atoms with van der Waals surface area (Å²) in [5, 5.41) is 0. The summed E-state index contributed by atoms with van der Waals surface area (Å²) in [4.78, 5) is 2.61. The fourth-order valence-electron chi connectivity index (χ4n) is 4.30. The van der Waals surface area contributed by atoms with Crippen molar-refractivity contribution in [3.8, 4) is 0 Å². The average Bonchev–Trinajstić information content (AvgIpc) is 2.47. The monoisotopic (exact) mass is 286 g/mol. The van der Waals surface area contributed by atoms with Gasteiger partial charge in [-0.1, -0.05) is 38.1 Å². The highest BCUT2D eigenvalue weighted by Gasteiger charge is 2.35. The van der Waals surface area contributed by atoms with Gasteiger partial charge < -0.3 is 5.73 Å². The first-order chi connectivity index (χ1) is 9.98. The molecule has 1 aromatic carbocycles. The Morgan fingerprint density at radius 1 is 1.10 bits per heavy atom. The van der Waals surface area contributed by atoms with Crippen molar-refractivity contribution in [1.29, 1.82) is 0 Å². The van der Waals surface area contributed by atoms with Crippen LogP contribution in [-0.2, 0) is 6.42 Å². The lowest BCUT2D eigenvalue weighted by Gasteiger charge is -2.45. The molecule has 0 heterocycles. The molecule has 1 fully saturated rings. The number of nitrogens with two attached hydrogens (primary N) is 1. The van der Waals surface area contributed by atoms with Crippen molar-refractivity contribution in [1.82, 2.24) is 4.90 Å². The fraction of sp³-hybridized carbons (Fsp3) is 0.684. The van der Waals surface area contributed by atoms with Gasteiger partial charge in [0.1, 0.15) is 0 Å². The van der Waals surface area contributed by atoms with E-state index >= 15 is 0 Å². The number of hydrogen-bond acceptors (Lipinski definition) is 2. The standard InChI is InChI=1S/C19H30N2/c1-19(2)12-10-15(11-13-19)21(3)17-9-8-14-6-4-5-7-16(14)18(17)20/h4-7,15,17-18H,8-13,20H2,1-3H3. The van der Waals surface area contributed by atoms with Gasteiger partial charge in [0.25, 0.3) is 0 Å². The van der Waals surface area contributed by atoms with Crippen molar-refractivity contribution in [3.05, 3.63) is 35.4 Å². The Morgan fingerprint density at radius 3 is 2.48 bits per heavy atom. The number of benzene rings is 1. The van der Waals surface area contributed by atoms with E-state index in [0.717, 1.165) is 6.04 Å². The lowest BCUT2D eigenvalue weighted by Crippen LogP contribution is -2.49. The minimum absolute atomic E-state index is 0.176. The van der Waals surface area contributed by atoms with Crippen LogP contribution in [0.5, 0.6) is 0 Å². The molecule has 2 atom stereocenters. The van der Waals surface area contributed by atoms with E-state index in [1.807, 2.05) is 0 Å². The summed E-state index contributed by atoms with van der Waals surface area (Å²) in [5.74, 6) is 0. The van der Waals surface area contributed by atoms with Crippen LogP contribution in [0.15, 0.2) is 24.3 Å². The van der Waals surface area contributed by atoms with Gasteiger partial charge in [-0.2, -0.15) is 0 Å². The molecule has 2 heteroatoms. The molecule has 116 valence electrons.